The van der Waals surface area contributed by atoms with Crippen molar-refractivity contribution in [2.24, 2.45) is 12.8 Å². The smallest absolute Gasteiger partial charge is 0.240 e. The highest BCUT2D eigenvalue weighted by Gasteiger charge is 2.16. The van der Waals surface area contributed by atoms with Gasteiger partial charge < -0.3 is 14.8 Å². The minimum atomic E-state index is -0.342. The van der Waals surface area contributed by atoms with Crippen molar-refractivity contribution in [3.05, 3.63) is 35.6 Å². The molecule has 0 fully saturated rings. The number of nitrogens with zero attached hydrogens (tertiary/aromatic N) is 3. The summed E-state index contributed by atoms with van der Waals surface area (Å²) >= 11 is 0. The fraction of sp³-hybridized carbons (Fsp3) is 0.231. The number of halogens is 1. The maximum Gasteiger partial charge on any atom is 0.240 e. The zero-order valence-corrected chi connectivity index (χ0v) is 10.6. The summed E-state index contributed by atoms with van der Waals surface area (Å²) in [5, 5.41) is 4.29. The molecule has 0 saturated heterocycles. The van der Waals surface area contributed by atoms with Crippen LogP contribution in [0, 0.1) is 12.7 Å². The summed E-state index contributed by atoms with van der Waals surface area (Å²) in [6, 6.07) is 5.31. The molecule has 0 aliphatic heterocycles. The molecule has 3 aromatic rings. The molecule has 98 valence electrons. The summed E-state index contributed by atoms with van der Waals surface area (Å²) in [5.41, 5.74) is 7.54. The second kappa shape index (κ2) is 4.17. The quantitative estimate of drug-likeness (QED) is 0.766. The van der Waals surface area contributed by atoms with E-state index in [1.807, 2.05) is 24.6 Å². The monoisotopic (exact) mass is 260 g/mol. The molecule has 2 heterocycles. The van der Waals surface area contributed by atoms with E-state index in [9.17, 15) is 4.39 Å². The Hall–Kier alpha value is -2.21. The molecular weight excluding hydrogens is 247 g/mol. The van der Waals surface area contributed by atoms with Gasteiger partial charge in [-0.1, -0.05) is 5.16 Å². The van der Waals surface area contributed by atoms with Crippen LogP contribution in [0.1, 0.15) is 11.6 Å². The van der Waals surface area contributed by atoms with Gasteiger partial charge in [0.25, 0.3) is 0 Å². The minimum absolute atomic E-state index is 0.140. The summed E-state index contributed by atoms with van der Waals surface area (Å²) in [4.78, 5) is 4.05. The maximum atomic E-state index is 14.5. The van der Waals surface area contributed by atoms with Gasteiger partial charge in [0.1, 0.15) is 5.82 Å². The molecule has 0 aliphatic carbocycles. The highest BCUT2D eigenvalue weighted by Crippen LogP contribution is 2.28. The highest BCUT2D eigenvalue weighted by atomic mass is 19.1. The van der Waals surface area contributed by atoms with Crippen LogP contribution in [0.3, 0.4) is 0 Å². The van der Waals surface area contributed by atoms with Crippen molar-refractivity contribution in [2.75, 3.05) is 0 Å². The number of hydrogen-bond donors (Lipinski definition) is 1. The Balaban J connectivity index is 2.22. The molecule has 3 rings (SSSR count). The van der Waals surface area contributed by atoms with Crippen molar-refractivity contribution in [3.63, 3.8) is 0 Å². The van der Waals surface area contributed by atoms with E-state index in [0.29, 0.717) is 16.8 Å². The van der Waals surface area contributed by atoms with Gasteiger partial charge in [-0.25, -0.2) is 4.39 Å². The number of fused-ring (bicyclic) bond motifs is 1. The first-order valence-electron chi connectivity index (χ1n) is 5.89. The predicted molar refractivity (Wildman–Crippen MR) is 68.8 cm³/mol. The summed E-state index contributed by atoms with van der Waals surface area (Å²) in [5.74, 6) is 0.172. The van der Waals surface area contributed by atoms with Crippen molar-refractivity contribution in [3.8, 4) is 11.4 Å². The summed E-state index contributed by atoms with van der Waals surface area (Å²) < 4.78 is 21.3. The molecule has 6 heteroatoms. The van der Waals surface area contributed by atoms with Crippen molar-refractivity contribution >= 4 is 10.9 Å². The van der Waals surface area contributed by atoms with E-state index in [-0.39, 0.29) is 18.2 Å². The molecule has 19 heavy (non-hydrogen) atoms. The highest BCUT2D eigenvalue weighted by molar-refractivity contribution is 5.86. The van der Waals surface area contributed by atoms with Gasteiger partial charge in [0, 0.05) is 18.1 Å². The summed E-state index contributed by atoms with van der Waals surface area (Å²) in [6.07, 6.45) is 0. The van der Waals surface area contributed by atoms with Crippen molar-refractivity contribution in [2.45, 2.75) is 13.5 Å². The molecule has 0 aliphatic rings. The van der Waals surface area contributed by atoms with Gasteiger partial charge in [0.2, 0.25) is 11.7 Å². The second-order valence-electron chi connectivity index (χ2n) is 4.42. The number of benzene rings is 1. The number of rotatable bonds is 2. The lowest BCUT2D eigenvalue weighted by molar-refractivity contribution is 0.380. The van der Waals surface area contributed by atoms with Crippen LogP contribution < -0.4 is 5.73 Å². The van der Waals surface area contributed by atoms with E-state index < -0.39 is 0 Å². The number of nitrogens with two attached hydrogens (primary N) is 1. The van der Waals surface area contributed by atoms with Crippen LogP contribution in [0.2, 0.25) is 0 Å². The normalized spacial score (nSPS) is 11.4. The van der Waals surface area contributed by atoms with E-state index in [4.69, 9.17) is 10.3 Å². The zero-order chi connectivity index (χ0) is 13.6. The maximum absolute atomic E-state index is 14.5. The fourth-order valence-corrected chi connectivity index (χ4v) is 2.13. The fourth-order valence-electron chi connectivity index (χ4n) is 2.13. The van der Waals surface area contributed by atoms with E-state index in [1.165, 1.54) is 0 Å². The molecule has 2 aromatic heterocycles. The van der Waals surface area contributed by atoms with Crippen LogP contribution in [-0.4, -0.2) is 14.7 Å². The van der Waals surface area contributed by atoms with Gasteiger partial charge in [-0.2, -0.15) is 4.98 Å². The number of aromatic nitrogens is 3. The third kappa shape index (κ3) is 1.72. The first-order chi connectivity index (χ1) is 9.11. The van der Waals surface area contributed by atoms with Crippen LogP contribution in [0.4, 0.5) is 4.39 Å². The first-order valence-corrected chi connectivity index (χ1v) is 5.89. The first kappa shape index (κ1) is 11.9. The van der Waals surface area contributed by atoms with Crippen molar-refractivity contribution in [1.29, 1.82) is 0 Å². The standard InChI is InChI=1S/C13H13FN4O/c1-7-5-9-10(18(7)2)4-3-8(12(9)14)13-16-11(6-15)19-17-13/h3-5H,6,15H2,1-2H3. The predicted octanol–water partition coefficient (Wildman–Crippen LogP) is 2.13. The molecule has 0 bridgehead atoms. The Morgan fingerprint density at radius 1 is 1.42 bits per heavy atom. The molecule has 0 unspecified atom stereocenters. The molecule has 0 amide bonds. The SMILES string of the molecule is Cc1cc2c(F)c(-c3noc(CN)n3)ccc2n1C. The Morgan fingerprint density at radius 2 is 2.21 bits per heavy atom. The van der Waals surface area contributed by atoms with E-state index in [0.717, 1.165) is 11.2 Å². The van der Waals surface area contributed by atoms with Crippen molar-refractivity contribution in [1.82, 2.24) is 14.7 Å². The average Bonchev–Trinajstić information content (AvgIpc) is 2.98. The molecule has 1 aromatic carbocycles. The van der Waals surface area contributed by atoms with Gasteiger partial charge in [-0.05, 0) is 25.1 Å². The Bertz CT molecular complexity index is 759. The molecule has 0 atom stereocenters. The lowest BCUT2D eigenvalue weighted by Crippen LogP contribution is -1.96. The van der Waals surface area contributed by atoms with E-state index in [2.05, 4.69) is 10.1 Å². The average molecular weight is 260 g/mol. The minimum Gasteiger partial charge on any atom is -0.348 e. The lowest BCUT2D eigenvalue weighted by atomic mass is 10.1. The summed E-state index contributed by atoms with van der Waals surface area (Å²) in [7, 11) is 1.90. The Morgan fingerprint density at radius 3 is 2.89 bits per heavy atom. The molecule has 0 spiro atoms. The van der Waals surface area contributed by atoms with Crippen LogP contribution in [0.15, 0.2) is 22.7 Å². The van der Waals surface area contributed by atoms with Crippen LogP contribution in [0.5, 0.6) is 0 Å². The molecule has 5 nitrogen and oxygen atoms in total. The van der Waals surface area contributed by atoms with E-state index in [1.54, 1.807) is 12.1 Å². The van der Waals surface area contributed by atoms with Crippen LogP contribution >= 0.6 is 0 Å². The van der Waals surface area contributed by atoms with Gasteiger partial charge in [0.15, 0.2) is 0 Å². The zero-order valence-electron chi connectivity index (χ0n) is 10.6. The number of aryl methyl sites for hydroxylation is 2. The third-order valence-electron chi connectivity index (χ3n) is 3.28. The molecule has 0 radical (unpaired) electrons. The third-order valence-corrected chi connectivity index (χ3v) is 3.28. The van der Waals surface area contributed by atoms with E-state index >= 15 is 0 Å². The Kier molecular flexibility index (Phi) is 2.60. The van der Waals surface area contributed by atoms with Gasteiger partial charge in [-0.15, -0.1) is 0 Å². The van der Waals surface area contributed by atoms with Gasteiger partial charge >= 0.3 is 0 Å². The second-order valence-corrected chi connectivity index (χ2v) is 4.42. The van der Waals surface area contributed by atoms with Gasteiger partial charge in [0.05, 0.1) is 17.6 Å². The number of hydrogen-bond acceptors (Lipinski definition) is 4. The topological polar surface area (TPSA) is 69.9 Å². The lowest BCUT2D eigenvalue weighted by Gasteiger charge is -2.01. The largest absolute Gasteiger partial charge is 0.348 e. The van der Waals surface area contributed by atoms with Crippen LogP contribution in [-0.2, 0) is 13.6 Å². The van der Waals surface area contributed by atoms with Gasteiger partial charge in [-0.3, -0.25) is 0 Å². The summed E-state index contributed by atoms with van der Waals surface area (Å²) in [6.45, 7) is 2.07. The molecular formula is C13H13FN4O. The van der Waals surface area contributed by atoms with Crippen molar-refractivity contribution < 1.29 is 8.91 Å². The Labute approximate surface area is 108 Å². The molecule has 0 saturated carbocycles. The molecule has 2 N–H and O–H groups in total. The van der Waals surface area contributed by atoms with Crippen LogP contribution in [0.25, 0.3) is 22.3 Å².